The molecule has 9 heteroatoms. The molecule has 0 N–H and O–H groups in total. The summed E-state index contributed by atoms with van der Waals surface area (Å²) in [7, 11) is 0. The van der Waals surface area contributed by atoms with E-state index in [-0.39, 0.29) is 6.07 Å². The maximum atomic E-state index is 12.6. The molecule has 0 aliphatic carbocycles. The predicted molar refractivity (Wildman–Crippen MR) is 46.1 cm³/mol. The van der Waals surface area contributed by atoms with Crippen molar-refractivity contribution in [2.24, 2.45) is 0 Å². The molecule has 1 aromatic rings. The molecule has 0 aliphatic rings. The molecular weight excluding hydrogens is 286 g/mol. The van der Waals surface area contributed by atoms with Gasteiger partial charge in [-0.05, 0) is 12.1 Å². The van der Waals surface area contributed by atoms with E-state index in [0.29, 0.717) is 6.07 Å². The minimum Gasteiger partial charge on any atom is -0.205 e. The van der Waals surface area contributed by atoms with Gasteiger partial charge in [0.15, 0.2) is 0 Å². The van der Waals surface area contributed by atoms with Gasteiger partial charge >= 0.3 is 12.4 Å². The SMILES string of the molecule is N#Cc1ccc(C(F)(F)F)c(C(F)(F)F)c1C(F)F. The lowest BCUT2D eigenvalue weighted by Gasteiger charge is -2.19. The Balaban J connectivity index is 3.82. The number of nitriles is 1. The van der Waals surface area contributed by atoms with E-state index in [1.807, 2.05) is 0 Å². The van der Waals surface area contributed by atoms with Crippen molar-refractivity contribution in [3.05, 3.63) is 34.4 Å². The van der Waals surface area contributed by atoms with Crippen molar-refractivity contribution >= 4 is 0 Å². The second kappa shape index (κ2) is 4.68. The molecule has 0 aliphatic heterocycles. The highest BCUT2D eigenvalue weighted by molar-refractivity contribution is 5.50. The van der Waals surface area contributed by atoms with Crippen LogP contribution in [0.4, 0.5) is 35.1 Å². The monoisotopic (exact) mass is 289 g/mol. The third kappa shape index (κ3) is 2.94. The van der Waals surface area contributed by atoms with Crippen molar-refractivity contribution in [2.45, 2.75) is 18.8 Å². The summed E-state index contributed by atoms with van der Waals surface area (Å²) in [6.07, 6.45) is -15.0. The largest absolute Gasteiger partial charge is 0.417 e. The summed E-state index contributed by atoms with van der Waals surface area (Å²) in [5.41, 5.74) is -7.86. The molecule has 1 aromatic carbocycles. The van der Waals surface area contributed by atoms with Gasteiger partial charge < -0.3 is 0 Å². The minimum absolute atomic E-state index is 0.0345. The van der Waals surface area contributed by atoms with Gasteiger partial charge in [-0.1, -0.05) is 0 Å². The summed E-state index contributed by atoms with van der Waals surface area (Å²) in [5.74, 6) is 0. The lowest BCUT2D eigenvalue weighted by atomic mass is 9.95. The van der Waals surface area contributed by atoms with E-state index >= 15 is 0 Å². The molecule has 0 fully saturated rings. The number of alkyl halides is 8. The van der Waals surface area contributed by atoms with E-state index < -0.39 is 41.0 Å². The highest BCUT2D eigenvalue weighted by Crippen LogP contribution is 2.45. The average molecular weight is 289 g/mol. The molecule has 0 saturated heterocycles. The van der Waals surface area contributed by atoms with Gasteiger partial charge in [-0.15, -0.1) is 0 Å². The molecule has 0 spiro atoms. The first-order valence-electron chi connectivity index (χ1n) is 4.49. The number of rotatable bonds is 1. The lowest BCUT2D eigenvalue weighted by molar-refractivity contribution is -0.163. The maximum absolute atomic E-state index is 12.6. The number of hydrogen-bond acceptors (Lipinski definition) is 1. The van der Waals surface area contributed by atoms with Crippen molar-refractivity contribution < 1.29 is 35.1 Å². The topological polar surface area (TPSA) is 23.8 Å². The summed E-state index contributed by atoms with van der Waals surface area (Å²) in [4.78, 5) is 0. The first-order chi connectivity index (χ1) is 8.50. The van der Waals surface area contributed by atoms with Crippen LogP contribution in [0.5, 0.6) is 0 Å². The van der Waals surface area contributed by atoms with Crippen LogP contribution < -0.4 is 0 Å². The molecule has 0 radical (unpaired) electrons. The third-order valence-corrected chi connectivity index (χ3v) is 2.17. The zero-order valence-corrected chi connectivity index (χ0v) is 8.70. The smallest absolute Gasteiger partial charge is 0.205 e. The Hall–Kier alpha value is -1.85. The zero-order valence-electron chi connectivity index (χ0n) is 8.70. The Morgan fingerprint density at radius 3 is 1.79 bits per heavy atom. The van der Waals surface area contributed by atoms with Crippen LogP contribution in [0.25, 0.3) is 0 Å². The van der Waals surface area contributed by atoms with Crippen LogP contribution >= 0.6 is 0 Å². The molecule has 104 valence electrons. The standard InChI is InChI=1S/C10H3F8N/c11-8(12)6-4(3-19)1-2-5(9(13,14)15)7(6)10(16,17)18/h1-2,8H. The Bertz CT molecular complexity index is 520. The minimum atomic E-state index is -5.65. The van der Waals surface area contributed by atoms with Crippen LogP contribution in [0.1, 0.15) is 28.7 Å². The normalized spacial score (nSPS) is 12.6. The third-order valence-electron chi connectivity index (χ3n) is 2.17. The number of nitrogens with zero attached hydrogens (tertiary/aromatic N) is 1. The van der Waals surface area contributed by atoms with Gasteiger partial charge in [-0.25, -0.2) is 8.78 Å². The zero-order chi connectivity index (χ0) is 15.0. The summed E-state index contributed by atoms with van der Waals surface area (Å²) < 4.78 is 100. The fourth-order valence-electron chi connectivity index (χ4n) is 1.49. The van der Waals surface area contributed by atoms with Crippen molar-refractivity contribution in [1.29, 1.82) is 5.26 Å². The fraction of sp³-hybridized carbons (Fsp3) is 0.300. The van der Waals surface area contributed by atoms with Gasteiger partial charge in [-0.2, -0.15) is 31.6 Å². The van der Waals surface area contributed by atoms with Crippen LogP contribution in [0.2, 0.25) is 0 Å². The Labute approximate surface area is 101 Å². The van der Waals surface area contributed by atoms with Crippen molar-refractivity contribution in [2.75, 3.05) is 0 Å². The molecule has 0 bridgehead atoms. The molecule has 0 unspecified atom stereocenters. The van der Waals surface area contributed by atoms with Crippen LogP contribution in [0.15, 0.2) is 12.1 Å². The maximum Gasteiger partial charge on any atom is 0.417 e. The van der Waals surface area contributed by atoms with Gasteiger partial charge in [-0.3, -0.25) is 0 Å². The number of halogens is 8. The first kappa shape index (κ1) is 15.2. The summed E-state index contributed by atoms with van der Waals surface area (Å²) in [6.45, 7) is 0. The second-order valence-electron chi connectivity index (χ2n) is 3.36. The molecule has 0 atom stereocenters. The first-order valence-corrected chi connectivity index (χ1v) is 4.49. The van der Waals surface area contributed by atoms with E-state index in [2.05, 4.69) is 0 Å². The van der Waals surface area contributed by atoms with Gasteiger partial charge in [0.25, 0.3) is 6.43 Å². The summed E-state index contributed by atoms with van der Waals surface area (Å²) in [5, 5.41) is 8.42. The molecule has 1 rings (SSSR count). The molecule has 0 heterocycles. The van der Waals surface area contributed by atoms with Gasteiger partial charge in [0.1, 0.15) is 0 Å². The molecule has 1 nitrogen and oxygen atoms in total. The van der Waals surface area contributed by atoms with E-state index in [4.69, 9.17) is 5.26 Å². The fourth-order valence-corrected chi connectivity index (χ4v) is 1.49. The predicted octanol–water partition coefficient (Wildman–Crippen LogP) is 4.53. The van der Waals surface area contributed by atoms with Gasteiger partial charge in [0, 0.05) is 5.56 Å². The molecule has 0 amide bonds. The highest BCUT2D eigenvalue weighted by atomic mass is 19.4. The molecule has 0 saturated carbocycles. The van der Waals surface area contributed by atoms with E-state index in [9.17, 15) is 35.1 Å². The Kier molecular flexibility index (Phi) is 3.74. The Morgan fingerprint density at radius 2 is 1.47 bits per heavy atom. The summed E-state index contributed by atoms with van der Waals surface area (Å²) in [6, 6.07) is 1.28. The van der Waals surface area contributed by atoms with Gasteiger partial charge in [0.2, 0.25) is 0 Å². The second-order valence-corrected chi connectivity index (χ2v) is 3.36. The van der Waals surface area contributed by atoms with E-state index in [0.717, 1.165) is 6.07 Å². The van der Waals surface area contributed by atoms with Crippen molar-refractivity contribution in [1.82, 2.24) is 0 Å². The molecule has 0 aromatic heterocycles. The lowest BCUT2D eigenvalue weighted by Crippen LogP contribution is -2.20. The van der Waals surface area contributed by atoms with Crippen molar-refractivity contribution in [3.8, 4) is 6.07 Å². The molecular formula is C10H3F8N. The van der Waals surface area contributed by atoms with Crippen LogP contribution in [-0.4, -0.2) is 0 Å². The quantitative estimate of drug-likeness (QED) is 0.697. The number of hydrogen-bond donors (Lipinski definition) is 0. The van der Waals surface area contributed by atoms with Crippen LogP contribution in [0.3, 0.4) is 0 Å². The van der Waals surface area contributed by atoms with E-state index in [1.165, 1.54) is 0 Å². The van der Waals surface area contributed by atoms with Crippen LogP contribution in [0, 0.1) is 11.3 Å². The average Bonchev–Trinajstić information content (AvgIpc) is 2.24. The van der Waals surface area contributed by atoms with Crippen LogP contribution in [-0.2, 0) is 12.4 Å². The number of benzene rings is 1. The highest BCUT2D eigenvalue weighted by Gasteiger charge is 2.46. The molecule has 19 heavy (non-hydrogen) atoms. The van der Waals surface area contributed by atoms with E-state index in [1.54, 1.807) is 0 Å². The Morgan fingerprint density at radius 1 is 0.947 bits per heavy atom. The summed E-state index contributed by atoms with van der Waals surface area (Å²) >= 11 is 0. The van der Waals surface area contributed by atoms with Gasteiger partial charge in [0.05, 0.1) is 22.8 Å². The van der Waals surface area contributed by atoms with Crippen molar-refractivity contribution in [3.63, 3.8) is 0 Å².